The molecule has 1 atom stereocenters. The predicted octanol–water partition coefficient (Wildman–Crippen LogP) is 2.03. The van der Waals surface area contributed by atoms with Crippen LogP contribution in [0.4, 0.5) is 5.13 Å². The third-order valence-electron chi connectivity index (χ3n) is 5.46. The Morgan fingerprint density at radius 2 is 2.06 bits per heavy atom. The Morgan fingerprint density at radius 3 is 2.81 bits per heavy atom. The zero-order valence-corrected chi connectivity index (χ0v) is 18.4. The summed E-state index contributed by atoms with van der Waals surface area (Å²) in [5.41, 5.74) is 1.01. The van der Waals surface area contributed by atoms with Crippen LogP contribution < -0.4 is 15.8 Å². The average molecular weight is 452 g/mol. The number of aromatic nitrogens is 5. The average Bonchev–Trinajstić information content (AvgIpc) is 3.54. The molecule has 1 aliphatic heterocycles. The third-order valence-corrected chi connectivity index (χ3v) is 6.44. The van der Waals surface area contributed by atoms with Crippen LogP contribution in [0.1, 0.15) is 24.3 Å². The molecule has 11 heteroatoms. The first-order valence-electron chi connectivity index (χ1n) is 10.3. The number of carbonyl (C=O) groups excluding carboxylic acids is 1. The lowest BCUT2D eigenvalue weighted by Gasteiger charge is -2.23. The third kappa shape index (κ3) is 3.64. The summed E-state index contributed by atoms with van der Waals surface area (Å²) in [7, 11) is 1.60. The van der Waals surface area contributed by atoms with Gasteiger partial charge in [-0.1, -0.05) is 41.7 Å². The molecular weight excluding hydrogens is 430 g/mol. The van der Waals surface area contributed by atoms with Crippen molar-refractivity contribution in [3.8, 4) is 11.7 Å². The molecule has 1 aliphatic rings. The van der Waals surface area contributed by atoms with E-state index in [0.717, 1.165) is 18.4 Å². The molecule has 4 aromatic rings. The van der Waals surface area contributed by atoms with Gasteiger partial charge in [0.05, 0.1) is 0 Å². The molecule has 4 heterocycles. The Hall–Kier alpha value is -3.60. The van der Waals surface area contributed by atoms with Gasteiger partial charge < -0.3 is 14.6 Å². The molecule has 0 spiro atoms. The van der Waals surface area contributed by atoms with Gasteiger partial charge in [-0.2, -0.15) is 0 Å². The molecular formula is C21H21N7O3S. The number of carbonyl (C=O) groups is 1. The highest BCUT2D eigenvalue weighted by molar-refractivity contribution is 7.21. The minimum absolute atomic E-state index is 0.0477. The number of nitrogens with one attached hydrogen (secondary N) is 1. The highest BCUT2D eigenvalue weighted by atomic mass is 32.1. The largest absolute Gasteiger partial charge is 0.419 e. The fraction of sp³-hybridized carbons (Fsp3) is 0.333. The van der Waals surface area contributed by atoms with E-state index in [4.69, 9.17) is 4.42 Å². The maximum absolute atomic E-state index is 12.9. The van der Waals surface area contributed by atoms with Gasteiger partial charge in [-0.15, -0.1) is 10.2 Å². The first-order valence-corrected chi connectivity index (χ1v) is 11.1. The van der Waals surface area contributed by atoms with Crippen LogP contribution >= 0.6 is 11.3 Å². The zero-order valence-electron chi connectivity index (χ0n) is 17.6. The number of aryl methyl sites for hydroxylation is 1. The summed E-state index contributed by atoms with van der Waals surface area (Å²) < 4.78 is 6.80. The van der Waals surface area contributed by atoms with E-state index in [1.807, 2.05) is 35.2 Å². The van der Waals surface area contributed by atoms with Crippen LogP contribution in [0.3, 0.4) is 0 Å². The van der Waals surface area contributed by atoms with Crippen LogP contribution in [0.25, 0.3) is 22.1 Å². The van der Waals surface area contributed by atoms with Crippen molar-refractivity contribution < 1.29 is 9.21 Å². The number of anilines is 1. The van der Waals surface area contributed by atoms with Crippen LogP contribution in [-0.4, -0.2) is 43.2 Å². The predicted molar refractivity (Wildman–Crippen MR) is 119 cm³/mol. The summed E-state index contributed by atoms with van der Waals surface area (Å²) >= 11 is 1.29. The van der Waals surface area contributed by atoms with Crippen LogP contribution in [0, 0.1) is 6.92 Å². The van der Waals surface area contributed by atoms with E-state index in [1.54, 1.807) is 14.0 Å². The molecule has 1 fully saturated rings. The van der Waals surface area contributed by atoms with Gasteiger partial charge in [-0.25, -0.2) is 9.97 Å². The molecule has 0 radical (unpaired) electrons. The van der Waals surface area contributed by atoms with Gasteiger partial charge in [0.25, 0.3) is 11.4 Å². The Balaban J connectivity index is 1.42. The number of amides is 1. The smallest absolute Gasteiger partial charge is 0.284 e. The molecule has 0 aliphatic carbocycles. The van der Waals surface area contributed by atoms with Crippen molar-refractivity contribution in [2.45, 2.75) is 32.4 Å². The molecule has 5 rings (SSSR count). The Labute approximate surface area is 186 Å². The second-order valence-electron chi connectivity index (χ2n) is 7.63. The van der Waals surface area contributed by atoms with E-state index in [0.29, 0.717) is 28.9 Å². The summed E-state index contributed by atoms with van der Waals surface area (Å²) in [5, 5.41) is 11.4. The molecule has 10 nitrogen and oxygen atoms in total. The topological polar surface area (TPSA) is 119 Å². The first-order chi connectivity index (χ1) is 15.5. The lowest BCUT2D eigenvalue weighted by Crippen LogP contribution is -2.43. The lowest BCUT2D eigenvalue weighted by molar-refractivity contribution is -0.122. The van der Waals surface area contributed by atoms with Gasteiger partial charge in [0.1, 0.15) is 6.04 Å². The molecule has 164 valence electrons. The van der Waals surface area contributed by atoms with E-state index < -0.39 is 0 Å². The molecule has 1 saturated heterocycles. The number of fused-ring (bicyclic) bond motifs is 1. The Morgan fingerprint density at radius 1 is 1.25 bits per heavy atom. The standard InChI is InChI=1S/C21H21N7O3S/c1-12-25-26-18(31-12)16-24-19-15(20(30)27(16)2)23-21(32-19)28-10-6-9-14(28)17(29)22-11-13-7-4-3-5-8-13/h3-5,7-8,14H,6,9-11H2,1-2H3,(H,22,29). The van der Waals surface area contributed by atoms with Crippen LogP contribution in [0.2, 0.25) is 0 Å². The molecule has 1 amide bonds. The summed E-state index contributed by atoms with van der Waals surface area (Å²) in [5.74, 6) is 0.810. The van der Waals surface area contributed by atoms with Crippen molar-refractivity contribution in [2.24, 2.45) is 7.05 Å². The summed E-state index contributed by atoms with van der Waals surface area (Å²) in [6.07, 6.45) is 1.60. The molecule has 1 N–H and O–H groups in total. The molecule has 32 heavy (non-hydrogen) atoms. The van der Waals surface area contributed by atoms with E-state index >= 15 is 0 Å². The summed E-state index contributed by atoms with van der Waals surface area (Å²) in [6.45, 7) is 2.84. The van der Waals surface area contributed by atoms with Gasteiger partial charge in [0.15, 0.2) is 15.5 Å². The maximum Gasteiger partial charge on any atom is 0.284 e. The SMILES string of the molecule is Cc1nnc(-c2nc3sc(N4CCCC4C(=O)NCc4ccccc4)nc3c(=O)n2C)o1. The first kappa shape index (κ1) is 20.3. The monoisotopic (exact) mass is 451 g/mol. The van der Waals surface area contributed by atoms with Gasteiger partial charge in [-0.05, 0) is 18.4 Å². The quantitative estimate of drug-likeness (QED) is 0.490. The Kier molecular flexibility index (Phi) is 5.17. The van der Waals surface area contributed by atoms with E-state index in [2.05, 4.69) is 25.5 Å². The lowest BCUT2D eigenvalue weighted by atomic mass is 10.2. The van der Waals surface area contributed by atoms with Gasteiger partial charge >= 0.3 is 0 Å². The number of nitrogens with zero attached hydrogens (tertiary/aromatic N) is 6. The maximum atomic E-state index is 12.9. The number of hydrogen-bond acceptors (Lipinski definition) is 9. The highest BCUT2D eigenvalue weighted by Crippen LogP contribution is 2.32. The number of benzene rings is 1. The van der Waals surface area contributed by atoms with Crippen molar-refractivity contribution in [1.82, 2.24) is 30.0 Å². The minimum Gasteiger partial charge on any atom is -0.419 e. The number of rotatable bonds is 5. The molecule has 3 aromatic heterocycles. The fourth-order valence-corrected chi connectivity index (χ4v) is 4.82. The second-order valence-corrected chi connectivity index (χ2v) is 8.59. The van der Waals surface area contributed by atoms with Crippen molar-refractivity contribution in [1.29, 1.82) is 0 Å². The van der Waals surface area contributed by atoms with Crippen LogP contribution in [-0.2, 0) is 18.4 Å². The summed E-state index contributed by atoms with van der Waals surface area (Å²) in [6, 6.07) is 9.46. The molecule has 1 aromatic carbocycles. The summed E-state index contributed by atoms with van der Waals surface area (Å²) in [4.78, 5) is 37.3. The number of thiazole rings is 1. The van der Waals surface area contributed by atoms with Crippen LogP contribution in [0.5, 0.6) is 0 Å². The van der Waals surface area contributed by atoms with Crippen molar-refractivity contribution >= 4 is 32.7 Å². The molecule has 0 bridgehead atoms. The van der Waals surface area contributed by atoms with Crippen molar-refractivity contribution in [2.75, 3.05) is 11.4 Å². The van der Waals surface area contributed by atoms with E-state index in [9.17, 15) is 9.59 Å². The Bertz CT molecular complexity index is 1340. The van der Waals surface area contributed by atoms with Crippen molar-refractivity contribution in [3.05, 3.63) is 52.1 Å². The van der Waals surface area contributed by atoms with Crippen LogP contribution in [0.15, 0.2) is 39.5 Å². The van der Waals surface area contributed by atoms with Gasteiger partial charge in [0, 0.05) is 27.1 Å². The van der Waals surface area contributed by atoms with E-state index in [1.165, 1.54) is 15.9 Å². The van der Waals surface area contributed by atoms with Crippen molar-refractivity contribution in [3.63, 3.8) is 0 Å². The minimum atomic E-state index is -0.332. The molecule has 0 saturated carbocycles. The van der Waals surface area contributed by atoms with E-state index in [-0.39, 0.29) is 34.7 Å². The second kappa shape index (κ2) is 8.15. The normalized spacial score (nSPS) is 16.1. The fourth-order valence-electron chi connectivity index (χ4n) is 3.81. The molecule has 1 unspecified atom stereocenters. The van der Waals surface area contributed by atoms with Gasteiger partial charge in [0.2, 0.25) is 17.6 Å². The van der Waals surface area contributed by atoms with Gasteiger partial charge in [-0.3, -0.25) is 14.2 Å². The highest BCUT2D eigenvalue weighted by Gasteiger charge is 2.33. The number of hydrogen-bond donors (Lipinski definition) is 1. The zero-order chi connectivity index (χ0) is 22.2.